The zero-order valence-electron chi connectivity index (χ0n) is 15.0. The number of rotatable bonds is 6. The molecule has 0 bridgehead atoms. The normalized spacial score (nSPS) is 10.7. The van der Waals surface area contributed by atoms with E-state index in [0.29, 0.717) is 11.8 Å². The molecule has 5 nitrogen and oxygen atoms in total. The number of anilines is 4. The van der Waals surface area contributed by atoms with E-state index in [1.54, 1.807) is 12.1 Å². The third-order valence-corrected chi connectivity index (χ3v) is 3.47. The first-order valence-electron chi connectivity index (χ1n) is 8.40. The lowest BCUT2D eigenvalue weighted by Gasteiger charge is -2.15. The van der Waals surface area contributed by atoms with Gasteiger partial charge in [-0.3, -0.25) is 0 Å². The maximum absolute atomic E-state index is 13.0. The zero-order valence-corrected chi connectivity index (χ0v) is 15.0. The van der Waals surface area contributed by atoms with Crippen molar-refractivity contribution in [2.45, 2.75) is 26.9 Å². The molecule has 0 fully saturated rings. The first kappa shape index (κ1) is 17.7. The Morgan fingerprint density at radius 3 is 2.42 bits per heavy atom. The van der Waals surface area contributed by atoms with Crippen LogP contribution in [0.5, 0.6) is 5.75 Å². The van der Waals surface area contributed by atoms with Gasteiger partial charge in [-0.25, -0.2) is 9.37 Å². The largest absolute Gasteiger partial charge is 0.489 e. The van der Waals surface area contributed by atoms with Crippen molar-refractivity contribution in [2.24, 2.45) is 0 Å². The molecule has 6 heteroatoms. The predicted octanol–water partition coefficient (Wildman–Crippen LogP) is 5.20. The summed E-state index contributed by atoms with van der Waals surface area (Å²) in [6, 6.07) is 15.6. The summed E-state index contributed by atoms with van der Waals surface area (Å²) in [6.45, 7) is 5.84. The number of para-hydroxylation sites is 2. The molecule has 3 aromatic rings. The molecule has 0 atom stereocenters. The molecule has 0 spiro atoms. The number of aryl methyl sites for hydroxylation is 1. The van der Waals surface area contributed by atoms with Crippen molar-refractivity contribution in [2.75, 3.05) is 10.6 Å². The van der Waals surface area contributed by atoms with Crippen molar-refractivity contribution >= 4 is 23.1 Å². The van der Waals surface area contributed by atoms with Crippen LogP contribution >= 0.6 is 0 Å². The Morgan fingerprint density at radius 1 is 0.962 bits per heavy atom. The smallest absolute Gasteiger partial charge is 0.229 e. The molecule has 0 aliphatic rings. The van der Waals surface area contributed by atoms with Crippen LogP contribution in [0.3, 0.4) is 0 Å². The van der Waals surface area contributed by atoms with Crippen LogP contribution in [0, 0.1) is 12.7 Å². The Balaban J connectivity index is 1.83. The molecule has 0 aliphatic heterocycles. The lowest BCUT2D eigenvalue weighted by molar-refractivity contribution is 0.244. The van der Waals surface area contributed by atoms with Gasteiger partial charge >= 0.3 is 0 Å². The summed E-state index contributed by atoms with van der Waals surface area (Å²) in [7, 11) is 0. The molecule has 1 heterocycles. The van der Waals surface area contributed by atoms with Crippen LogP contribution in [-0.2, 0) is 0 Å². The summed E-state index contributed by atoms with van der Waals surface area (Å²) in [5.41, 5.74) is 2.34. The number of ether oxygens (including phenoxy) is 1. The summed E-state index contributed by atoms with van der Waals surface area (Å²) < 4.78 is 18.9. The first-order chi connectivity index (χ1) is 12.5. The molecular weight excluding hydrogens is 331 g/mol. The minimum Gasteiger partial charge on any atom is -0.489 e. The number of nitrogens with one attached hydrogen (secondary N) is 2. The van der Waals surface area contributed by atoms with Crippen molar-refractivity contribution in [1.29, 1.82) is 0 Å². The summed E-state index contributed by atoms with van der Waals surface area (Å²) in [4.78, 5) is 8.91. The lowest BCUT2D eigenvalue weighted by atomic mass is 10.3. The van der Waals surface area contributed by atoms with Gasteiger partial charge in [0.25, 0.3) is 0 Å². The monoisotopic (exact) mass is 352 g/mol. The number of hydrogen-bond acceptors (Lipinski definition) is 5. The minimum absolute atomic E-state index is 0.0621. The highest BCUT2D eigenvalue weighted by Gasteiger charge is 2.08. The number of benzene rings is 2. The van der Waals surface area contributed by atoms with Gasteiger partial charge in [0, 0.05) is 17.4 Å². The van der Waals surface area contributed by atoms with E-state index in [9.17, 15) is 4.39 Å². The Labute approximate surface area is 152 Å². The van der Waals surface area contributed by atoms with E-state index in [1.807, 2.05) is 51.1 Å². The van der Waals surface area contributed by atoms with Gasteiger partial charge in [-0.2, -0.15) is 4.98 Å². The average molecular weight is 352 g/mol. The van der Waals surface area contributed by atoms with Gasteiger partial charge in [-0.05, 0) is 57.2 Å². The highest BCUT2D eigenvalue weighted by Crippen LogP contribution is 2.28. The predicted molar refractivity (Wildman–Crippen MR) is 102 cm³/mol. The van der Waals surface area contributed by atoms with Gasteiger partial charge in [0.1, 0.15) is 17.4 Å². The Morgan fingerprint density at radius 2 is 1.69 bits per heavy atom. The number of hydrogen-bond donors (Lipinski definition) is 2. The topological polar surface area (TPSA) is 59.1 Å². The zero-order chi connectivity index (χ0) is 18.5. The van der Waals surface area contributed by atoms with Gasteiger partial charge in [0.05, 0.1) is 11.8 Å². The molecule has 0 unspecified atom stereocenters. The van der Waals surface area contributed by atoms with Gasteiger partial charge in [0.15, 0.2) is 0 Å². The maximum atomic E-state index is 13.0. The van der Waals surface area contributed by atoms with Gasteiger partial charge in [0.2, 0.25) is 5.95 Å². The van der Waals surface area contributed by atoms with E-state index in [2.05, 4.69) is 20.6 Å². The summed E-state index contributed by atoms with van der Waals surface area (Å²) >= 11 is 0. The van der Waals surface area contributed by atoms with Crippen LogP contribution in [-0.4, -0.2) is 16.1 Å². The van der Waals surface area contributed by atoms with Gasteiger partial charge in [-0.15, -0.1) is 0 Å². The molecular formula is C20H21FN4O. The van der Waals surface area contributed by atoms with E-state index >= 15 is 0 Å². The van der Waals surface area contributed by atoms with Crippen molar-refractivity contribution in [3.05, 3.63) is 66.1 Å². The SMILES string of the molecule is Cc1cc(Nc2ccc(F)cc2)nc(Nc2ccccc2OC(C)C)n1. The molecule has 2 aromatic carbocycles. The Hall–Kier alpha value is -3.15. The number of halogens is 1. The Kier molecular flexibility index (Phi) is 5.31. The number of aromatic nitrogens is 2. The van der Waals surface area contributed by atoms with Crippen LogP contribution in [0.1, 0.15) is 19.5 Å². The van der Waals surface area contributed by atoms with Crippen LogP contribution in [0.15, 0.2) is 54.6 Å². The van der Waals surface area contributed by atoms with E-state index in [4.69, 9.17) is 4.74 Å². The fourth-order valence-electron chi connectivity index (χ4n) is 2.42. The lowest BCUT2D eigenvalue weighted by Crippen LogP contribution is -2.08. The van der Waals surface area contributed by atoms with Gasteiger partial charge < -0.3 is 15.4 Å². The van der Waals surface area contributed by atoms with Crippen molar-refractivity contribution in [3.63, 3.8) is 0 Å². The second kappa shape index (κ2) is 7.82. The minimum atomic E-state index is -0.279. The second-order valence-corrected chi connectivity index (χ2v) is 6.14. The molecule has 1 aromatic heterocycles. The molecule has 3 rings (SSSR count). The van der Waals surface area contributed by atoms with Crippen molar-refractivity contribution in [1.82, 2.24) is 9.97 Å². The fraction of sp³-hybridized carbons (Fsp3) is 0.200. The molecule has 0 radical (unpaired) electrons. The number of nitrogens with zero attached hydrogens (tertiary/aromatic N) is 2. The second-order valence-electron chi connectivity index (χ2n) is 6.14. The highest BCUT2D eigenvalue weighted by molar-refractivity contribution is 5.64. The standard InChI is InChI=1S/C20H21FN4O/c1-13(2)26-18-7-5-4-6-17(18)24-20-22-14(3)12-19(25-20)23-16-10-8-15(21)9-11-16/h4-13H,1-3H3,(H2,22,23,24,25). The third kappa shape index (κ3) is 4.69. The molecule has 0 aliphatic carbocycles. The Bertz CT molecular complexity index is 881. The molecule has 0 saturated carbocycles. The fourth-order valence-corrected chi connectivity index (χ4v) is 2.42. The van der Waals surface area contributed by atoms with E-state index in [0.717, 1.165) is 22.8 Å². The highest BCUT2D eigenvalue weighted by atomic mass is 19.1. The summed E-state index contributed by atoms with van der Waals surface area (Å²) in [5.74, 6) is 1.53. The van der Waals surface area contributed by atoms with E-state index in [-0.39, 0.29) is 11.9 Å². The molecule has 2 N–H and O–H groups in total. The van der Waals surface area contributed by atoms with Crippen LogP contribution in [0.4, 0.5) is 27.5 Å². The van der Waals surface area contributed by atoms with Crippen LogP contribution in [0.2, 0.25) is 0 Å². The van der Waals surface area contributed by atoms with Crippen LogP contribution in [0.25, 0.3) is 0 Å². The van der Waals surface area contributed by atoms with E-state index < -0.39 is 0 Å². The first-order valence-corrected chi connectivity index (χ1v) is 8.40. The maximum Gasteiger partial charge on any atom is 0.229 e. The average Bonchev–Trinajstić information content (AvgIpc) is 2.58. The molecule has 134 valence electrons. The van der Waals surface area contributed by atoms with Crippen molar-refractivity contribution < 1.29 is 9.13 Å². The molecule has 0 saturated heterocycles. The quantitative estimate of drug-likeness (QED) is 0.639. The van der Waals surface area contributed by atoms with Gasteiger partial charge in [-0.1, -0.05) is 12.1 Å². The molecule has 0 amide bonds. The van der Waals surface area contributed by atoms with Crippen molar-refractivity contribution in [3.8, 4) is 5.75 Å². The third-order valence-electron chi connectivity index (χ3n) is 3.47. The molecule has 26 heavy (non-hydrogen) atoms. The van der Waals surface area contributed by atoms with E-state index in [1.165, 1.54) is 12.1 Å². The summed E-state index contributed by atoms with van der Waals surface area (Å²) in [6.07, 6.45) is 0.0621. The van der Waals surface area contributed by atoms with Crippen LogP contribution < -0.4 is 15.4 Å². The summed E-state index contributed by atoms with van der Waals surface area (Å²) in [5, 5.41) is 6.36.